The Morgan fingerprint density at radius 2 is 0.750 bits per heavy atom. The quantitative estimate of drug-likeness (QED) is 0.132. The average Bonchev–Trinajstić information content (AvgIpc) is 2.42. The molecule has 0 aliphatic carbocycles. The topological polar surface area (TPSA) is 217 Å². The first-order valence-electron chi connectivity index (χ1n) is 7.57. The molecule has 0 rings (SSSR count). The molecular formula is C10H22O12S6. The van der Waals surface area contributed by atoms with Crippen LogP contribution in [0.15, 0.2) is 0 Å². The summed E-state index contributed by atoms with van der Waals surface area (Å²) in [6.45, 7) is 0. The van der Waals surface area contributed by atoms with E-state index < -0.39 is 62.5 Å². The maximum absolute atomic E-state index is 10.9. The van der Waals surface area contributed by atoms with E-state index in [1.165, 1.54) is 21.6 Å². The summed E-state index contributed by atoms with van der Waals surface area (Å²) < 4.78 is 118. The van der Waals surface area contributed by atoms with Gasteiger partial charge < -0.3 is 0 Å². The van der Waals surface area contributed by atoms with Crippen LogP contribution in [0.3, 0.4) is 0 Å². The Morgan fingerprint density at radius 3 is 0.964 bits per heavy atom. The van der Waals surface area contributed by atoms with Crippen molar-refractivity contribution in [3.63, 3.8) is 0 Å². The van der Waals surface area contributed by atoms with E-state index in [-0.39, 0.29) is 12.8 Å². The smallest absolute Gasteiger partial charge is 0.284 e. The van der Waals surface area contributed by atoms with E-state index in [9.17, 15) is 33.7 Å². The Hall–Kier alpha value is 0.340. The van der Waals surface area contributed by atoms with Crippen LogP contribution in [0.2, 0.25) is 0 Å². The van der Waals surface area contributed by atoms with Crippen molar-refractivity contribution in [1.29, 1.82) is 0 Å². The summed E-state index contributed by atoms with van der Waals surface area (Å²) >= 11 is 0. The highest BCUT2D eigenvalue weighted by atomic mass is 33.1. The first kappa shape index (κ1) is 28.3. The minimum absolute atomic E-state index is 0.113. The van der Waals surface area contributed by atoms with Gasteiger partial charge in [-0.15, -0.1) is 0 Å². The second-order valence-electron chi connectivity index (χ2n) is 5.55. The molecule has 18 heteroatoms. The van der Waals surface area contributed by atoms with Crippen LogP contribution in [-0.4, -0.2) is 72.6 Å². The number of rotatable bonds is 15. The lowest BCUT2D eigenvalue weighted by Gasteiger charge is -2.10. The Balaban J connectivity index is 4.03. The summed E-state index contributed by atoms with van der Waals surface area (Å²) in [6, 6.07) is 0. The van der Waals surface area contributed by atoms with Gasteiger partial charge in [0.05, 0.1) is 0 Å². The van der Waals surface area contributed by atoms with Gasteiger partial charge in [0.15, 0.2) is 0 Å². The van der Waals surface area contributed by atoms with Crippen molar-refractivity contribution in [2.75, 3.05) is 11.5 Å². The second kappa shape index (κ2) is 11.7. The fourth-order valence-electron chi connectivity index (χ4n) is 1.96. The van der Waals surface area contributed by atoms with Crippen molar-refractivity contribution in [2.24, 2.45) is 0 Å². The lowest BCUT2D eigenvalue weighted by molar-refractivity contribution is 0.444. The van der Waals surface area contributed by atoms with Gasteiger partial charge in [-0.2, -0.15) is 33.7 Å². The highest BCUT2D eigenvalue weighted by Crippen LogP contribution is 2.26. The van der Waals surface area contributed by atoms with Crippen molar-refractivity contribution in [1.82, 2.24) is 0 Å². The summed E-state index contributed by atoms with van der Waals surface area (Å²) in [5.74, 6) is 0.986. The van der Waals surface area contributed by atoms with Crippen LogP contribution in [0.4, 0.5) is 0 Å². The zero-order valence-electron chi connectivity index (χ0n) is 14.3. The average molecular weight is 527 g/mol. The molecule has 0 saturated heterocycles. The third-order valence-corrected chi connectivity index (χ3v) is 12.3. The van der Waals surface area contributed by atoms with Gasteiger partial charge >= 0.3 is 0 Å². The predicted molar refractivity (Wildman–Crippen MR) is 106 cm³/mol. The largest absolute Gasteiger partial charge is 0.284 e. The summed E-state index contributed by atoms with van der Waals surface area (Å²) in [6.07, 6.45) is 0.0924. The maximum atomic E-state index is 10.9. The molecular weight excluding hydrogens is 505 g/mol. The first-order chi connectivity index (χ1) is 12.5. The zero-order chi connectivity index (χ0) is 22.2. The van der Waals surface area contributed by atoms with Gasteiger partial charge in [0.2, 0.25) is 9.16 Å². The molecule has 0 fully saturated rings. The third-order valence-electron chi connectivity index (χ3n) is 3.25. The molecule has 4 N–H and O–H groups in total. The van der Waals surface area contributed by atoms with Gasteiger partial charge in [-0.25, -0.2) is 0 Å². The summed E-state index contributed by atoms with van der Waals surface area (Å²) in [5.41, 5.74) is 0. The van der Waals surface area contributed by atoms with Crippen LogP contribution in [0, 0.1) is 0 Å². The van der Waals surface area contributed by atoms with Gasteiger partial charge in [0.1, 0.15) is 0 Å². The molecule has 0 aromatic rings. The van der Waals surface area contributed by atoms with E-state index in [1.807, 2.05) is 0 Å². The SMILES string of the molecule is O=S(=O)(O)C(CCCCSSCCCCC(S(=O)(=O)O)S(=O)(=O)O)S(=O)(=O)O. The number of hydrogen-bond donors (Lipinski definition) is 4. The number of hydrogen-bond acceptors (Lipinski definition) is 10. The highest BCUT2D eigenvalue weighted by molar-refractivity contribution is 8.76. The van der Waals surface area contributed by atoms with Crippen molar-refractivity contribution in [2.45, 2.75) is 47.7 Å². The lowest BCUT2D eigenvalue weighted by atomic mass is 10.3. The van der Waals surface area contributed by atoms with Gasteiger partial charge in [-0.3, -0.25) is 18.2 Å². The molecule has 12 nitrogen and oxygen atoms in total. The molecule has 0 radical (unpaired) electrons. The molecule has 0 aliphatic rings. The predicted octanol–water partition coefficient (Wildman–Crippen LogP) is 0.912. The van der Waals surface area contributed by atoms with Gasteiger partial charge in [-0.05, 0) is 25.7 Å². The molecule has 0 unspecified atom stereocenters. The van der Waals surface area contributed by atoms with Gasteiger partial charge in [-0.1, -0.05) is 34.4 Å². The van der Waals surface area contributed by atoms with Crippen LogP contribution < -0.4 is 0 Å². The third kappa shape index (κ3) is 12.1. The Bertz CT molecular complexity index is 749. The van der Waals surface area contributed by atoms with Gasteiger partial charge in [0, 0.05) is 11.5 Å². The van der Waals surface area contributed by atoms with E-state index in [0.717, 1.165) is 0 Å². The van der Waals surface area contributed by atoms with E-state index in [1.54, 1.807) is 0 Å². The zero-order valence-corrected chi connectivity index (χ0v) is 19.2. The van der Waals surface area contributed by atoms with Gasteiger partial charge in [0.25, 0.3) is 40.5 Å². The summed E-state index contributed by atoms with van der Waals surface area (Å²) in [5, 5.41) is 0. The van der Waals surface area contributed by atoms with E-state index >= 15 is 0 Å². The Morgan fingerprint density at radius 1 is 0.500 bits per heavy atom. The van der Waals surface area contributed by atoms with Crippen molar-refractivity contribution in [3.8, 4) is 0 Å². The summed E-state index contributed by atoms with van der Waals surface area (Å²) in [4.78, 5) is 0. The van der Waals surface area contributed by atoms with E-state index in [4.69, 9.17) is 18.2 Å². The molecule has 0 bridgehead atoms. The lowest BCUT2D eigenvalue weighted by Crippen LogP contribution is -2.29. The fraction of sp³-hybridized carbons (Fsp3) is 1.00. The van der Waals surface area contributed by atoms with Crippen LogP contribution in [-0.2, 0) is 40.5 Å². The molecule has 0 aromatic carbocycles. The monoisotopic (exact) mass is 526 g/mol. The standard InChI is InChI=1S/C10H22O12S6/c11-25(12,13)9(26(14,15)16)5-1-3-7-23-24-8-4-2-6-10(27(17,18)19)28(20,21)22/h9-10H,1-8H2,(H,11,12,13)(H,14,15,16)(H,17,18,19)(H,20,21,22). The van der Waals surface area contributed by atoms with Crippen molar-refractivity contribution in [3.05, 3.63) is 0 Å². The molecule has 0 spiro atoms. The van der Waals surface area contributed by atoms with Crippen LogP contribution in [0.1, 0.15) is 38.5 Å². The molecule has 0 atom stereocenters. The first-order valence-corrected chi connectivity index (χ1v) is 16.1. The molecule has 170 valence electrons. The minimum Gasteiger partial charge on any atom is -0.284 e. The minimum atomic E-state index is -4.93. The molecule has 0 aromatic heterocycles. The maximum Gasteiger partial charge on any atom is 0.284 e. The van der Waals surface area contributed by atoms with Crippen molar-refractivity contribution < 1.29 is 51.9 Å². The van der Waals surface area contributed by atoms with Crippen LogP contribution in [0.5, 0.6) is 0 Å². The number of unbranched alkanes of at least 4 members (excludes halogenated alkanes) is 2. The van der Waals surface area contributed by atoms with E-state index in [0.29, 0.717) is 24.3 Å². The van der Waals surface area contributed by atoms with Crippen LogP contribution in [0.25, 0.3) is 0 Å². The molecule has 0 heterocycles. The van der Waals surface area contributed by atoms with Crippen LogP contribution >= 0.6 is 21.6 Å². The molecule has 0 aliphatic heterocycles. The highest BCUT2D eigenvalue weighted by Gasteiger charge is 2.35. The molecule has 28 heavy (non-hydrogen) atoms. The Kier molecular flexibility index (Phi) is 11.8. The van der Waals surface area contributed by atoms with E-state index in [2.05, 4.69) is 0 Å². The van der Waals surface area contributed by atoms with Crippen molar-refractivity contribution >= 4 is 62.1 Å². The molecule has 0 saturated carbocycles. The fourth-order valence-corrected chi connectivity index (χ4v) is 8.58. The second-order valence-corrected chi connectivity index (χ2v) is 15.2. The molecule has 0 amide bonds. The summed E-state index contributed by atoms with van der Waals surface area (Å²) in [7, 11) is -17.0. The normalized spacial score (nSPS) is 14.1. The Labute approximate surface area is 172 Å².